The van der Waals surface area contributed by atoms with Gasteiger partial charge in [0.1, 0.15) is 18.5 Å². The zero-order valence-corrected chi connectivity index (χ0v) is 16.8. The van der Waals surface area contributed by atoms with E-state index in [4.69, 9.17) is 15.2 Å². The summed E-state index contributed by atoms with van der Waals surface area (Å²) in [6.07, 6.45) is 1.25. The molecule has 0 radical (unpaired) electrons. The van der Waals surface area contributed by atoms with Crippen molar-refractivity contribution in [3.8, 4) is 5.75 Å². The molecule has 1 heterocycles. The minimum Gasteiger partial charge on any atom is -0.489 e. The maximum atomic E-state index is 12.5. The van der Waals surface area contributed by atoms with Gasteiger partial charge in [0.2, 0.25) is 0 Å². The fourth-order valence-electron chi connectivity index (χ4n) is 3.74. The first-order valence-corrected chi connectivity index (χ1v) is 10.1. The van der Waals surface area contributed by atoms with Gasteiger partial charge in [0.25, 0.3) is 5.91 Å². The van der Waals surface area contributed by atoms with E-state index < -0.39 is 5.91 Å². The highest BCUT2D eigenvalue weighted by molar-refractivity contribution is 9.10. The van der Waals surface area contributed by atoms with Gasteiger partial charge >= 0.3 is 6.09 Å². The van der Waals surface area contributed by atoms with Crippen molar-refractivity contribution in [1.29, 1.82) is 0 Å². The Morgan fingerprint density at radius 1 is 1.18 bits per heavy atom. The number of primary amides is 1. The maximum absolute atomic E-state index is 12.5. The number of halogens is 1. The van der Waals surface area contributed by atoms with Crippen molar-refractivity contribution in [2.75, 3.05) is 6.54 Å². The summed E-state index contributed by atoms with van der Waals surface area (Å²) in [6, 6.07) is 15.0. The lowest BCUT2D eigenvalue weighted by molar-refractivity contribution is 0.0597. The maximum Gasteiger partial charge on any atom is 0.410 e. The number of amides is 2. The molecule has 4 rings (SSSR count). The summed E-state index contributed by atoms with van der Waals surface area (Å²) in [5, 5.41) is 0. The highest BCUT2D eigenvalue weighted by Crippen LogP contribution is 2.45. The number of rotatable bonds is 5. The molecule has 6 nitrogen and oxygen atoms in total. The van der Waals surface area contributed by atoms with Crippen molar-refractivity contribution in [2.24, 2.45) is 11.7 Å². The Bertz CT molecular complexity index is 889. The third kappa shape index (κ3) is 3.99. The van der Waals surface area contributed by atoms with Crippen LogP contribution in [0.2, 0.25) is 0 Å². The third-order valence-electron chi connectivity index (χ3n) is 5.26. The van der Waals surface area contributed by atoms with Crippen LogP contribution in [0, 0.1) is 5.92 Å². The number of carbonyl (C=O) groups is 2. The van der Waals surface area contributed by atoms with Crippen molar-refractivity contribution < 1.29 is 19.1 Å². The van der Waals surface area contributed by atoms with Crippen LogP contribution in [-0.4, -0.2) is 35.6 Å². The molecule has 7 heteroatoms. The van der Waals surface area contributed by atoms with Crippen LogP contribution in [0.4, 0.5) is 4.79 Å². The van der Waals surface area contributed by atoms with E-state index in [-0.39, 0.29) is 30.8 Å². The van der Waals surface area contributed by atoms with Gasteiger partial charge in [0, 0.05) is 29.4 Å². The molecule has 3 atom stereocenters. The Morgan fingerprint density at radius 2 is 1.96 bits per heavy atom. The first-order valence-electron chi connectivity index (χ1n) is 9.26. The van der Waals surface area contributed by atoms with Crippen LogP contribution in [-0.2, 0) is 11.3 Å². The average Bonchev–Trinajstić information content (AvgIpc) is 3.49. The Balaban J connectivity index is 1.35. The molecule has 1 aliphatic carbocycles. The molecular weight excluding hydrogens is 424 g/mol. The van der Waals surface area contributed by atoms with E-state index in [0.29, 0.717) is 24.3 Å². The van der Waals surface area contributed by atoms with Crippen molar-refractivity contribution >= 4 is 27.9 Å². The molecule has 2 aromatic carbocycles. The standard InChI is InChI=1S/C21H21BrN2O4/c22-14-6-7-18(16(10-14)20(23)25)28-19-8-9-24(17-11-15(17)19)21(26)27-12-13-4-2-1-3-5-13/h1-7,10,15,17,19H,8-9,11-12H2,(H2,23,25). The number of hydrogen-bond donors (Lipinski definition) is 1. The summed E-state index contributed by atoms with van der Waals surface area (Å²) < 4.78 is 12.3. The summed E-state index contributed by atoms with van der Waals surface area (Å²) in [7, 11) is 0. The van der Waals surface area contributed by atoms with Gasteiger partial charge in [0.05, 0.1) is 5.56 Å². The number of likely N-dealkylation sites (tertiary alicyclic amines) is 1. The lowest BCUT2D eigenvalue weighted by atomic mass is 10.1. The van der Waals surface area contributed by atoms with Crippen molar-refractivity contribution in [1.82, 2.24) is 4.90 Å². The van der Waals surface area contributed by atoms with Gasteiger partial charge in [-0.1, -0.05) is 46.3 Å². The van der Waals surface area contributed by atoms with Crippen LogP contribution in [0.15, 0.2) is 53.0 Å². The van der Waals surface area contributed by atoms with Gasteiger partial charge in [-0.15, -0.1) is 0 Å². The summed E-state index contributed by atoms with van der Waals surface area (Å²) in [4.78, 5) is 25.9. The quantitative estimate of drug-likeness (QED) is 0.761. The topological polar surface area (TPSA) is 81.9 Å². The SMILES string of the molecule is NC(=O)c1cc(Br)ccc1OC1CCN(C(=O)OCc2ccccc2)C2CC12. The van der Waals surface area contributed by atoms with E-state index >= 15 is 0 Å². The second-order valence-electron chi connectivity index (χ2n) is 7.15. The zero-order valence-electron chi connectivity index (χ0n) is 15.2. The van der Waals surface area contributed by atoms with Crippen molar-refractivity contribution in [3.63, 3.8) is 0 Å². The highest BCUT2D eigenvalue weighted by Gasteiger charge is 2.53. The predicted molar refractivity (Wildman–Crippen MR) is 107 cm³/mol. The molecule has 0 spiro atoms. The highest BCUT2D eigenvalue weighted by atomic mass is 79.9. The first kappa shape index (κ1) is 18.8. The fourth-order valence-corrected chi connectivity index (χ4v) is 4.10. The lowest BCUT2D eigenvalue weighted by Gasteiger charge is -2.31. The summed E-state index contributed by atoms with van der Waals surface area (Å²) in [5.74, 6) is 0.222. The van der Waals surface area contributed by atoms with E-state index in [0.717, 1.165) is 16.5 Å². The lowest BCUT2D eigenvalue weighted by Crippen LogP contribution is -2.43. The molecule has 2 fully saturated rings. The van der Waals surface area contributed by atoms with E-state index in [1.54, 1.807) is 17.0 Å². The van der Waals surface area contributed by atoms with Crippen LogP contribution >= 0.6 is 15.9 Å². The van der Waals surface area contributed by atoms with Gasteiger partial charge in [-0.2, -0.15) is 0 Å². The molecule has 28 heavy (non-hydrogen) atoms. The Morgan fingerprint density at radius 3 is 2.71 bits per heavy atom. The molecule has 0 aromatic heterocycles. The molecule has 146 valence electrons. The normalized spacial score (nSPS) is 22.9. The van der Waals surface area contributed by atoms with E-state index in [2.05, 4.69) is 15.9 Å². The Kier molecular flexibility index (Phi) is 5.26. The molecule has 2 N–H and O–H groups in total. The number of nitrogens with zero attached hydrogens (tertiary/aromatic N) is 1. The smallest absolute Gasteiger partial charge is 0.410 e. The second-order valence-corrected chi connectivity index (χ2v) is 8.07. The minimum atomic E-state index is -0.523. The number of fused-ring (bicyclic) bond motifs is 1. The van der Waals surface area contributed by atoms with Crippen LogP contribution in [0.1, 0.15) is 28.8 Å². The van der Waals surface area contributed by atoms with Gasteiger partial charge < -0.3 is 20.1 Å². The molecule has 1 saturated heterocycles. The van der Waals surface area contributed by atoms with Crippen LogP contribution in [0.3, 0.4) is 0 Å². The second kappa shape index (κ2) is 7.83. The van der Waals surface area contributed by atoms with Crippen molar-refractivity contribution in [3.05, 3.63) is 64.1 Å². The number of carbonyl (C=O) groups excluding carboxylic acids is 2. The molecule has 2 amide bonds. The van der Waals surface area contributed by atoms with E-state index in [9.17, 15) is 9.59 Å². The zero-order chi connectivity index (χ0) is 19.7. The Labute approximate surface area is 171 Å². The average molecular weight is 445 g/mol. The molecule has 0 bridgehead atoms. The summed E-state index contributed by atoms with van der Waals surface area (Å²) in [5.41, 5.74) is 6.79. The van der Waals surface area contributed by atoms with Crippen LogP contribution < -0.4 is 10.5 Å². The van der Waals surface area contributed by atoms with Gasteiger partial charge in [-0.05, 0) is 30.2 Å². The molecular formula is C21H21BrN2O4. The number of benzene rings is 2. The predicted octanol–water partition coefficient (Wildman–Crippen LogP) is 3.73. The first-order chi connectivity index (χ1) is 13.5. The van der Waals surface area contributed by atoms with E-state index in [1.165, 1.54) is 0 Å². The Hall–Kier alpha value is -2.54. The summed E-state index contributed by atoms with van der Waals surface area (Å²) in [6.45, 7) is 0.843. The largest absolute Gasteiger partial charge is 0.489 e. The fraction of sp³-hybridized carbons (Fsp3) is 0.333. The minimum absolute atomic E-state index is 0.0394. The molecule has 1 saturated carbocycles. The van der Waals surface area contributed by atoms with Gasteiger partial charge in [0.15, 0.2) is 0 Å². The van der Waals surface area contributed by atoms with Gasteiger partial charge in [-0.25, -0.2) is 4.79 Å². The third-order valence-corrected chi connectivity index (χ3v) is 5.76. The molecule has 1 aliphatic heterocycles. The van der Waals surface area contributed by atoms with Crippen molar-refractivity contribution in [2.45, 2.75) is 31.6 Å². The molecule has 3 unspecified atom stereocenters. The molecule has 2 aromatic rings. The monoisotopic (exact) mass is 444 g/mol. The number of hydrogen-bond acceptors (Lipinski definition) is 4. The van der Waals surface area contributed by atoms with Crippen LogP contribution in [0.25, 0.3) is 0 Å². The van der Waals surface area contributed by atoms with E-state index in [1.807, 2.05) is 36.4 Å². The molecule has 2 aliphatic rings. The van der Waals surface area contributed by atoms with Gasteiger partial charge in [-0.3, -0.25) is 4.79 Å². The summed E-state index contributed by atoms with van der Waals surface area (Å²) >= 11 is 3.34. The number of ether oxygens (including phenoxy) is 2. The van der Waals surface area contributed by atoms with Crippen LogP contribution in [0.5, 0.6) is 5.75 Å². The number of nitrogens with two attached hydrogens (primary N) is 1. The number of piperidine rings is 1.